The van der Waals surface area contributed by atoms with Gasteiger partial charge >= 0.3 is 18.0 Å². The van der Waals surface area contributed by atoms with Gasteiger partial charge in [-0.3, -0.25) is 4.90 Å². The Labute approximate surface area is 145 Å². The van der Waals surface area contributed by atoms with Crippen LogP contribution in [0.2, 0.25) is 0 Å². The van der Waals surface area contributed by atoms with Crippen molar-refractivity contribution in [3.8, 4) is 0 Å². The minimum absolute atomic E-state index is 0.0375. The molecule has 0 aromatic carbocycles. The minimum Gasteiger partial charge on any atom is -0.363 e. The van der Waals surface area contributed by atoms with Crippen molar-refractivity contribution in [2.45, 2.75) is 82.2 Å². The van der Waals surface area contributed by atoms with Gasteiger partial charge in [-0.05, 0) is 26.7 Å². The Morgan fingerprint density at radius 2 is 1.15 bits per heavy atom. The second-order valence-electron chi connectivity index (χ2n) is 6.46. The molecule has 2 nitrogen and oxygen atoms in total. The number of rotatable bonds is 7. The predicted molar refractivity (Wildman–Crippen MR) is 75.8 cm³/mol. The van der Waals surface area contributed by atoms with Crippen LogP contribution in [0.1, 0.15) is 39.5 Å². The molecule has 0 aliphatic carbocycles. The van der Waals surface area contributed by atoms with Crippen LogP contribution in [0.3, 0.4) is 0 Å². The van der Waals surface area contributed by atoms with Crippen molar-refractivity contribution in [3.05, 3.63) is 0 Å². The van der Waals surface area contributed by atoms with E-state index in [1.165, 1.54) is 0 Å². The van der Waals surface area contributed by atoms with Crippen LogP contribution in [0.5, 0.6) is 0 Å². The fourth-order valence-corrected chi connectivity index (χ4v) is 2.67. The molecule has 0 amide bonds. The number of nitrogens with zero attached hydrogens (tertiary/aromatic N) is 1. The molecule has 0 saturated carbocycles. The van der Waals surface area contributed by atoms with E-state index in [1.807, 2.05) is 0 Å². The molecule has 1 rings (SSSR count). The van der Waals surface area contributed by atoms with Gasteiger partial charge < -0.3 is 4.74 Å². The average Bonchev–Trinajstić information content (AvgIpc) is 2.81. The number of hydrogen-bond acceptors (Lipinski definition) is 2. The maximum Gasteiger partial charge on any atom is 0.425 e. The van der Waals surface area contributed by atoms with Gasteiger partial charge in [0.05, 0.1) is 0 Å². The molecule has 1 fully saturated rings. The van der Waals surface area contributed by atoms with Crippen LogP contribution in [0.4, 0.5) is 39.5 Å². The summed E-state index contributed by atoms with van der Waals surface area (Å²) >= 11 is 0. The van der Waals surface area contributed by atoms with Gasteiger partial charge in [-0.25, -0.2) is 17.6 Å². The smallest absolute Gasteiger partial charge is 0.363 e. The van der Waals surface area contributed by atoms with Gasteiger partial charge in [0.15, 0.2) is 0 Å². The normalized spacial score (nSPS) is 23.2. The fraction of sp³-hybridized carbons (Fsp3) is 1.00. The Morgan fingerprint density at radius 3 is 1.58 bits per heavy atom. The molecule has 0 spiro atoms. The van der Waals surface area contributed by atoms with E-state index in [-0.39, 0.29) is 13.1 Å². The Kier molecular flexibility index (Phi) is 7.66. The van der Waals surface area contributed by atoms with Crippen LogP contribution < -0.4 is 0 Å². The third-order valence-corrected chi connectivity index (χ3v) is 4.40. The molecule has 0 radical (unpaired) electrons. The van der Waals surface area contributed by atoms with E-state index in [1.54, 1.807) is 0 Å². The second kappa shape index (κ2) is 8.53. The molecule has 1 aliphatic heterocycles. The van der Waals surface area contributed by atoms with Crippen molar-refractivity contribution < 1.29 is 44.3 Å². The van der Waals surface area contributed by atoms with Crippen molar-refractivity contribution in [1.29, 1.82) is 0 Å². The maximum atomic E-state index is 14.2. The lowest BCUT2D eigenvalue weighted by atomic mass is 10.1. The molecular formula is C15H22F9NO. The van der Waals surface area contributed by atoms with Gasteiger partial charge in [0.2, 0.25) is 6.30 Å². The van der Waals surface area contributed by atoms with E-state index >= 15 is 0 Å². The monoisotopic (exact) mass is 403 g/mol. The third-order valence-electron chi connectivity index (χ3n) is 4.40. The van der Waals surface area contributed by atoms with Crippen LogP contribution in [-0.2, 0) is 4.74 Å². The molecule has 1 saturated heterocycles. The van der Waals surface area contributed by atoms with E-state index in [0.717, 1.165) is 17.7 Å². The van der Waals surface area contributed by atoms with E-state index in [0.29, 0.717) is 26.7 Å². The molecule has 26 heavy (non-hydrogen) atoms. The highest BCUT2D eigenvalue weighted by atomic mass is 19.4. The quantitative estimate of drug-likeness (QED) is 0.432. The first-order valence-corrected chi connectivity index (χ1v) is 8.22. The lowest BCUT2D eigenvalue weighted by Gasteiger charge is -2.36. The minimum atomic E-state index is -5.89. The summed E-state index contributed by atoms with van der Waals surface area (Å²) in [5, 5.41) is 0. The van der Waals surface area contributed by atoms with Crippen molar-refractivity contribution in [3.63, 3.8) is 0 Å². The van der Waals surface area contributed by atoms with Crippen LogP contribution in [-0.4, -0.2) is 60.7 Å². The summed E-state index contributed by atoms with van der Waals surface area (Å²) in [4.78, 5) is 0.851. The second-order valence-corrected chi connectivity index (χ2v) is 6.46. The molecular weight excluding hydrogens is 381 g/mol. The Balaban J connectivity index is 2.81. The summed E-state index contributed by atoms with van der Waals surface area (Å²) in [6.07, 6.45) is -16.2. The summed E-state index contributed by atoms with van der Waals surface area (Å²) < 4.78 is 123. The van der Waals surface area contributed by atoms with Gasteiger partial charge in [-0.15, -0.1) is 0 Å². The predicted octanol–water partition coefficient (Wildman–Crippen LogP) is 5.12. The number of halogens is 9. The largest absolute Gasteiger partial charge is 0.425 e. The van der Waals surface area contributed by atoms with Gasteiger partial charge in [-0.1, -0.05) is 12.8 Å². The Morgan fingerprint density at radius 1 is 0.731 bits per heavy atom. The van der Waals surface area contributed by atoms with Crippen molar-refractivity contribution in [2.24, 2.45) is 0 Å². The average molecular weight is 403 g/mol. The van der Waals surface area contributed by atoms with Crippen molar-refractivity contribution in [2.75, 3.05) is 13.1 Å². The lowest BCUT2D eigenvalue weighted by Crippen LogP contribution is -2.55. The van der Waals surface area contributed by atoms with Crippen LogP contribution >= 0.6 is 0 Å². The summed E-state index contributed by atoms with van der Waals surface area (Å²) in [5.41, 5.74) is 0. The summed E-state index contributed by atoms with van der Waals surface area (Å²) in [5.74, 6) is -9.37. The molecule has 11 heteroatoms. The highest BCUT2D eigenvalue weighted by Gasteiger charge is 2.61. The standard InChI is InChI=1S/C15H22F9NO/c1-9(13(18,19)11(16)15(22,23)24)26-10(2)14(20,21)12(17)25-7-5-3-4-6-8-25/h9-12H,3-8H2,1-2H3. The zero-order chi connectivity index (χ0) is 20.3. The molecule has 0 N–H and O–H groups in total. The number of ether oxygens (including phenoxy) is 1. The topological polar surface area (TPSA) is 12.5 Å². The van der Waals surface area contributed by atoms with Crippen molar-refractivity contribution >= 4 is 0 Å². The first-order chi connectivity index (χ1) is 11.7. The molecule has 1 heterocycles. The molecule has 0 bridgehead atoms. The Bertz CT molecular complexity index is 435. The van der Waals surface area contributed by atoms with E-state index < -0.39 is 42.7 Å². The number of likely N-dealkylation sites (tertiary alicyclic amines) is 1. The molecule has 4 atom stereocenters. The highest BCUT2D eigenvalue weighted by Crippen LogP contribution is 2.40. The SMILES string of the molecule is CC(OC(C)C(F)(F)C(F)C(F)(F)F)C(F)(F)C(F)N1CCCCCC1. The fourth-order valence-electron chi connectivity index (χ4n) is 2.67. The van der Waals surface area contributed by atoms with Gasteiger partial charge in [0, 0.05) is 13.1 Å². The molecule has 1 aliphatic rings. The van der Waals surface area contributed by atoms with E-state index in [9.17, 15) is 39.5 Å². The summed E-state index contributed by atoms with van der Waals surface area (Å²) in [6.45, 7) is 0.980. The van der Waals surface area contributed by atoms with Crippen molar-refractivity contribution in [1.82, 2.24) is 4.90 Å². The first-order valence-electron chi connectivity index (χ1n) is 8.22. The van der Waals surface area contributed by atoms with Gasteiger partial charge in [-0.2, -0.15) is 22.0 Å². The van der Waals surface area contributed by atoms with Gasteiger partial charge in [0.25, 0.3) is 6.17 Å². The van der Waals surface area contributed by atoms with Crippen LogP contribution in [0, 0.1) is 0 Å². The lowest BCUT2D eigenvalue weighted by molar-refractivity contribution is -0.290. The maximum absolute atomic E-state index is 14.2. The summed E-state index contributed by atoms with van der Waals surface area (Å²) in [6, 6.07) is 0. The van der Waals surface area contributed by atoms with Gasteiger partial charge in [0.1, 0.15) is 12.2 Å². The Hall–Kier alpha value is -0.710. The summed E-state index contributed by atoms with van der Waals surface area (Å²) in [7, 11) is 0. The number of hydrogen-bond donors (Lipinski definition) is 0. The third kappa shape index (κ3) is 5.40. The van der Waals surface area contributed by atoms with E-state index in [4.69, 9.17) is 0 Å². The van der Waals surface area contributed by atoms with Crippen LogP contribution in [0.15, 0.2) is 0 Å². The molecule has 156 valence electrons. The first kappa shape index (κ1) is 23.3. The van der Waals surface area contributed by atoms with Crippen LogP contribution in [0.25, 0.3) is 0 Å². The molecule has 0 aromatic heterocycles. The highest BCUT2D eigenvalue weighted by molar-refractivity contribution is 4.91. The zero-order valence-electron chi connectivity index (χ0n) is 14.3. The zero-order valence-corrected chi connectivity index (χ0v) is 14.3. The van der Waals surface area contributed by atoms with E-state index in [2.05, 4.69) is 4.74 Å². The molecule has 4 unspecified atom stereocenters. The molecule has 0 aromatic rings. The number of alkyl halides is 9.